The van der Waals surface area contributed by atoms with Crippen LogP contribution in [0.25, 0.3) is 11.4 Å². The van der Waals surface area contributed by atoms with Crippen molar-refractivity contribution in [1.29, 1.82) is 0 Å². The molecule has 3 aromatic rings. The number of hydrogen-bond donors (Lipinski definition) is 1. The molecule has 0 aliphatic heterocycles. The van der Waals surface area contributed by atoms with Crippen molar-refractivity contribution in [3.8, 4) is 17.1 Å². The maximum atomic E-state index is 12.7. The van der Waals surface area contributed by atoms with Crippen LogP contribution in [0.2, 0.25) is 0 Å². The summed E-state index contributed by atoms with van der Waals surface area (Å²) in [6.45, 7) is 4.98. The van der Waals surface area contributed by atoms with Crippen molar-refractivity contribution >= 4 is 5.91 Å². The zero-order chi connectivity index (χ0) is 18.5. The molecular weight excluding hydrogens is 328 g/mol. The van der Waals surface area contributed by atoms with Crippen LogP contribution in [-0.2, 0) is 0 Å². The minimum absolute atomic E-state index is 0.0593. The summed E-state index contributed by atoms with van der Waals surface area (Å²) in [7, 11) is 1.77. The van der Waals surface area contributed by atoms with Gasteiger partial charge in [0.2, 0.25) is 0 Å². The topological polar surface area (TPSA) is 71.1 Å². The second-order valence-electron chi connectivity index (χ2n) is 6.26. The minimum Gasteiger partial charge on any atom is -0.491 e. The van der Waals surface area contributed by atoms with Crippen LogP contribution in [0.3, 0.4) is 0 Å². The molecule has 2 aromatic carbocycles. The van der Waals surface area contributed by atoms with E-state index in [1.165, 1.54) is 6.33 Å². The van der Waals surface area contributed by atoms with Crippen LogP contribution in [0.1, 0.15) is 21.5 Å². The van der Waals surface area contributed by atoms with Crippen LogP contribution < -0.4 is 4.74 Å². The molecule has 134 valence electrons. The number of ether oxygens (including phenoxy) is 1. The quantitative estimate of drug-likeness (QED) is 0.741. The summed E-state index contributed by atoms with van der Waals surface area (Å²) in [6, 6.07) is 13.4. The van der Waals surface area contributed by atoms with Gasteiger partial charge in [-0.25, -0.2) is 4.98 Å². The molecule has 0 aliphatic carbocycles. The number of hydrogen-bond acceptors (Lipinski definition) is 4. The number of aromatic amines is 1. The molecule has 0 spiro atoms. The van der Waals surface area contributed by atoms with Crippen molar-refractivity contribution in [2.75, 3.05) is 20.2 Å². The molecule has 1 amide bonds. The smallest absolute Gasteiger partial charge is 0.253 e. The van der Waals surface area contributed by atoms with E-state index in [1.807, 2.05) is 44.2 Å². The third-order valence-corrected chi connectivity index (χ3v) is 4.17. The molecule has 0 atom stereocenters. The number of nitrogens with zero attached hydrogens (tertiary/aromatic N) is 3. The van der Waals surface area contributed by atoms with Crippen LogP contribution >= 0.6 is 0 Å². The molecule has 0 unspecified atom stereocenters. The van der Waals surface area contributed by atoms with Gasteiger partial charge in [-0.3, -0.25) is 9.89 Å². The Balaban J connectivity index is 1.61. The first-order valence-electron chi connectivity index (χ1n) is 8.46. The number of nitrogens with one attached hydrogen (secondary N) is 1. The fourth-order valence-corrected chi connectivity index (χ4v) is 2.62. The van der Waals surface area contributed by atoms with E-state index in [0.29, 0.717) is 24.5 Å². The number of benzene rings is 2. The van der Waals surface area contributed by atoms with E-state index in [2.05, 4.69) is 21.2 Å². The normalized spacial score (nSPS) is 10.6. The van der Waals surface area contributed by atoms with E-state index in [4.69, 9.17) is 4.74 Å². The number of likely N-dealkylation sites (N-methyl/N-ethyl adjacent to an activating group) is 1. The van der Waals surface area contributed by atoms with Crippen molar-refractivity contribution in [2.45, 2.75) is 13.8 Å². The summed E-state index contributed by atoms with van der Waals surface area (Å²) in [5, 5.41) is 6.65. The van der Waals surface area contributed by atoms with Gasteiger partial charge in [0.25, 0.3) is 5.91 Å². The monoisotopic (exact) mass is 350 g/mol. The number of aryl methyl sites for hydroxylation is 2. The van der Waals surface area contributed by atoms with E-state index in [0.717, 1.165) is 22.4 Å². The summed E-state index contributed by atoms with van der Waals surface area (Å²) >= 11 is 0. The van der Waals surface area contributed by atoms with Gasteiger partial charge in [0.1, 0.15) is 18.7 Å². The lowest BCUT2D eigenvalue weighted by molar-refractivity contribution is 0.0773. The van der Waals surface area contributed by atoms with Gasteiger partial charge in [-0.15, -0.1) is 0 Å². The summed E-state index contributed by atoms with van der Waals surface area (Å²) in [5.74, 6) is 1.44. The van der Waals surface area contributed by atoms with Gasteiger partial charge in [0.15, 0.2) is 5.82 Å². The first-order valence-corrected chi connectivity index (χ1v) is 8.46. The Labute approximate surface area is 152 Å². The van der Waals surface area contributed by atoms with E-state index < -0.39 is 0 Å². The second kappa shape index (κ2) is 7.82. The van der Waals surface area contributed by atoms with Gasteiger partial charge in [-0.1, -0.05) is 24.3 Å². The fourth-order valence-electron chi connectivity index (χ4n) is 2.62. The number of H-pyrrole nitrogens is 1. The van der Waals surface area contributed by atoms with Crippen molar-refractivity contribution in [3.05, 3.63) is 65.5 Å². The Morgan fingerprint density at radius 2 is 2.04 bits per heavy atom. The zero-order valence-corrected chi connectivity index (χ0v) is 15.2. The predicted octanol–water partition coefficient (Wildman–Crippen LogP) is 3.24. The first kappa shape index (κ1) is 17.7. The highest BCUT2D eigenvalue weighted by Gasteiger charge is 2.13. The molecule has 1 aromatic heterocycles. The maximum absolute atomic E-state index is 12.7. The highest BCUT2D eigenvalue weighted by Crippen LogP contribution is 2.19. The third-order valence-electron chi connectivity index (χ3n) is 4.17. The largest absolute Gasteiger partial charge is 0.491 e. The number of rotatable bonds is 6. The Kier molecular flexibility index (Phi) is 5.31. The molecule has 0 saturated heterocycles. The van der Waals surface area contributed by atoms with Crippen LogP contribution in [-0.4, -0.2) is 46.2 Å². The highest BCUT2D eigenvalue weighted by atomic mass is 16.5. The maximum Gasteiger partial charge on any atom is 0.253 e. The molecule has 0 fully saturated rings. The summed E-state index contributed by atoms with van der Waals surface area (Å²) in [6.07, 6.45) is 1.45. The third kappa shape index (κ3) is 4.08. The average molecular weight is 350 g/mol. The molecule has 1 N–H and O–H groups in total. The first-order chi connectivity index (χ1) is 12.5. The minimum atomic E-state index is -0.0593. The lowest BCUT2D eigenvalue weighted by Crippen LogP contribution is -2.31. The van der Waals surface area contributed by atoms with Crippen LogP contribution in [0.15, 0.2) is 48.8 Å². The lowest BCUT2D eigenvalue weighted by Gasteiger charge is -2.18. The van der Waals surface area contributed by atoms with E-state index >= 15 is 0 Å². The van der Waals surface area contributed by atoms with E-state index in [1.54, 1.807) is 18.0 Å². The highest BCUT2D eigenvalue weighted by molar-refractivity contribution is 5.95. The van der Waals surface area contributed by atoms with Crippen LogP contribution in [0, 0.1) is 13.8 Å². The predicted molar refractivity (Wildman–Crippen MR) is 100 cm³/mol. The van der Waals surface area contributed by atoms with Crippen molar-refractivity contribution in [2.24, 2.45) is 0 Å². The van der Waals surface area contributed by atoms with Crippen LogP contribution in [0.5, 0.6) is 5.75 Å². The fraction of sp³-hybridized carbons (Fsp3) is 0.250. The number of carbonyl (C=O) groups is 1. The van der Waals surface area contributed by atoms with Gasteiger partial charge < -0.3 is 9.64 Å². The molecule has 6 nitrogen and oxygen atoms in total. The molecule has 0 radical (unpaired) electrons. The Hall–Kier alpha value is -3.15. The van der Waals surface area contributed by atoms with Gasteiger partial charge >= 0.3 is 0 Å². The Bertz CT molecular complexity index is 891. The van der Waals surface area contributed by atoms with Crippen molar-refractivity contribution in [1.82, 2.24) is 20.1 Å². The standard InChI is InChI=1S/C20H22N4O2/c1-14-7-8-15(2)18(11-14)26-10-9-24(3)20(25)17-6-4-5-16(12-17)19-21-13-22-23-19/h4-8,11-13H,9-10H2,1-3H3,(H,21,22,23). The van der Waals surface area contributed by atoms with Crippen molar-refractivity contribution < 1.29 is 9.53 Å². The average Bonchev–Trinajstić information content (AvgIpc) is 3.18. The lowest BCUT2D eigenvalue weighted by atomic mass is 10.1. The summed E-state index contributed by atoms with van der Waals surface area (Å²) in [5.41, 5.74) is 3.67. The molecule has 26 heavy (non-hydrogen) atoms. The van der Waals surface area contributed by atoms with Crippen molar-refractivity contribution in [3.63, 3.8) is 0 Å². The molecule has 6 heteroatoms. The SMILES string of the molecule is Cc1ccc(C)c(OCCN(C)C(=O)c2cccc(-c3ncn[nH]3)c2)c1. The molecule has 0 aliphatic rings. The number of amides is 1. The van der Waals surface area contributed by atoms with Gasteiger partial charge in [0, 0.05) is 18.2 Å². The zero-order valence-electron chi connectivity index (χ0n) is 15.2. The molecular formula is C20H22N4O2. The number of aromatic nitrogens is 3. The molecule has 0 bridgehead atoms. The van der Waals surface area contributed by atoms with Crippen LogP contribution in [0.4, 0.5) is 0 Å². The van der Waals surface area contributed by atoms with E-state index in [9.17, 15) is 4.79 Å². The molecule has 1 heterocycles. The Morgan fingerprint density at radius 3 is 2.81 bits per heavy atom. The van der Waals surface area contributed by atoms with E-state index in [-0.39, 0.29) is 5.91 Å². The molecule has 0 saturated carbocycles. The number of carbonyl (C=O) groups excluding carboxylic acids is 1. The second-order valence-corrected chi connectivity index (χ2v) is 6.26. The van der Waals surface area contributed by atoms with Gasteiger partial charge in [-0.2, -0.15) is 5.10 Å². The summed E-state index contributed by atoms with van der Waals surface area (Å²) < 4.78 is 5.84. The Morgan fingerprint density at radius 1 is 1.19 bits per heavy atom. The summed E-state index contributed by atoms with van der Waals surface area (Å²) in [4.78, 5) is 18.4. The molecule has 3 rings (SSSR count). The van der Waals surface area contributed by atoms with Gasteiger partial charge in [0.05, 0.1) is 6.54 Å². The van der Waals surface area contributed by atoms with Gasteiger partial charge in [-0.05, 0) is 43.2 Å².